The summed E-state index contributed by atoms with van der Waals surface area (Å²) in [6.45, 7) is 2.58. The maximum Gasteiger partial charge on any atom is 0.241 e. The zero-order valence-electron chi connectivity index (χ0n) is 6.75. The highest BCUT2D eigenvalue weighted by molar-refractivity contribution is 6.32. The summed E-state index contributed by atoms with van der Waals surface area (Å²) in [5.41, 5.74) is 5.84. The Kier molecular flexibility index (Phi) is 3.10. The van der Waals surface area contributed by atoms with Crippen molar-refractivity contribution < 1.29 is 4.74 Å². The Bertz CT molecular complexity index is 267. The lowest BCUT2D eigenvalue weighted by atomic mass is 10.5. The van der Waals surface area contributed by atoms with E-state index in [2.05, 4.69) is 9.97 Å². The summed E-state index contributed by atoms with van der Waals surface area (Å²) < 4.78 is 5.21. The van der Waals surface area contributed by atoms with Crippen molar-refractivity contribution in [2.75, 3.05) is 12.3 Å². The molecule has 0 spiro atoms. The highest BCUT2D eigenvalue weighted by Gasteiger charge is 2.05. The molecule has 0 atom stereocenters. The quantitative estimate of drug-likeness (QED) is 0.729. The van der Waals surface area contributed by atoms with E-state index in [1.807, 2.05) is 6.92 Å². The summed E-state index contributed by atoms with van der Waals surface area (Å²) in [5.74, 6) is 0.358. The predicted molar refractivity (Wildman–Crippen MR) is 47.2 cm³/mol. The number of hydrogen-bond acceptors (Lipinski definition) is 4. The second kappa shape index (κ2) is 4.11. The van der Waals surface area contributed by atoms with Crippen molar-refractivity contribution in [2.45, 2.75) is 13.3 Å². The summed E-state index contributed by atoms with van der Waals surface area (Å²) in [5, 5.41) is 0.233. The second-order valence-electron chi connectivity index (χ2n) is 2.23. The molecule has 1 aromatic rings. The first-order chi connectivity index (χ1) is 5.75. The third-order valence-electron chi connectivity index (χ3n) is 1.24. The van der Waals surface area contributed by atoms with Gasteiger partial charge in [-0.15, -0.1) is 0 Å². The Hall–Kier alpha value is -1.03. The number of ether oxygens (including phenoxy) is 1. The van der Waals surface area contributed by atoms with Crippen LogP contribution in [-0.4, -0.2) is 16.6 Å². The van der Waals surface area contributed by atoms with E-state index < -0.39 is 0 Å². The molecule has 0 saturated heterocycles. The lowest BCUT2D eigenvalue weighted by Gasteiger charge is -2.05. The maximum absolute atomic E-state index is 5.64. The van der Waals surface area contributed by atoms with Crippen molar-refractivity contribution in [1.29, 1.82) is 0 Å². The minimum absolute atomic E-state index is 0.233. The van der Waals surface area contributed by atoms with Gasteiger partial charge in [-0.1, -0.05) is 18.5 Å². The first-order valence-corrected chi connectivity index (χ1v) is 4.02. The number of rotatable bonds is 3. The monoisotopic (exact) mass is 187 g/mol. The van der Waals surface area contributed by atoms with Crippen LogP contribution in [0, 0.1) is 0 Å². The minimum Gasteiger partial charge on any atom is -0.476 e. The average molecular weight is 188 g/mol. The molecule has 2 N–H and O–H groups in total. The number of nitrogen functional groups attached to an aromatic ring is 1. The number of hydrogen-bond donors (Lipinski definition) is 1. The lowest BCUT2D eigenvalue weighted by molar-refractivity contribution is 0.306. The Morgan fingerprint density at radius 2 is 2.33 bits per heavy atom. The summed E-state index contributed by atoms with van der Waals surface area (Å²) in [6.07, 6.45) is 2.23. The largest absolute Gasteiger partial charge is 0.476 e. The van der Waals surface area contributed by atoms with Gasteiger partial charge in [-0.2, -0.15) is 4.98 Å². The van der Waals surface area contributed by atoms with Crippen LogP contribution in [0.1, 0.15) is 13.3 Å². The van der Waals surface area contributed by atoms with E-state index in [1.165, 1.54) is 6.33 Å². The van der Waals surface area contributed by atoms with Gasteiger partial charge in [0.15, 0.2) is 5.15 Å². The molecular weight excluding hydrogens is 178 g/mol. The van der Waals surface area contributed by atoms with Crippen LogP contribution < -0.4 is 10.5 Å². The molecule has 0 aliphatic rings. The number of anilines is 1. The number of aromatic nitrogens is 2. The van der Waals surface area contributed by atoms with Crippen LogP contribution in [0.15, 0.2) is 6.33 Å². The molecule has 4 nitrogen and oxygen atoms in total. The van der Waals surface area contributed by atoms with E-state index >= 15 is 0 Å². The molecule has 0 amide bonds. The van der Waals surface area contributed by atoms with Crippen LogP contribution in [0.3, 0.4) is 0 Å². The Morgan fingerprint density at radius 1 is 1.58 bits per heavy atom. The smallest absolute Gasteiger partial charge is 0.241 e. The number of nitrogens with zero attached hydrogens (tertiary/aromatic N) is 2. The van der Waals surface area contributed by atoms with Crippen molar-refractivity contribution >= 4 is 17.3 Å². The van der Waals surface area contributed by atoms with Crippen LogP contribution in [0.2, 0.25) is 5.15 Å². The molecule has 0 aliphatic heterocycles. The van der Waals surface area contributed by atoms with Gasteiger partial charge < -0.3 is 10.5 Å². The fourth-order valence-corrected chi connectivity index (χ4v) is 0.798. The molecule has 0 saturated carbocycles. The van der Waals surface area contributed by atoms with Gasteiger partial charge >= 0.3 is 0 Å². The van der Waals surface area contributed by atoms with Crippen LogP contribution >= 0.6 is 11.6 Å². The van der Waals surface area contributed by atoms with Crippen molar-refractivity contribution in [2.24, 2.45) is 0 Å². The molecule has 5 heteroatoms. The van der Waals surface area contributed by atoms with E-state index in [1.54, 1.807) is 0 Å². The third kappa shape index (κ3) is 1.98. The second-order valence-corrected chi connectivity index (χ2v) is 2.59. The first kappa shape index (κ1) is 9.06. The summed E-state index contributed by atoms with van der Waals surface area (Å²) in [4.78, 5) is 7.53. The summed E-state index contributed by atoms with van der Waals surface area (Å²) >= 11 is 5.64. The Morgan fingerprint density at radius 3 is 3.00 bits per heavy atom. The highest BCUT2D eigenvalue weighted by atomic mass is 35.5. The van der Waals surface area contributed by atoms with E-state index in [0.717, 1.165) is 6.42 Å². The molecule has 0 bridgehead atoms. The van der Waals surface area contributed by atoms with Crippen molar-refractivity contribution in [3.8, 4) is 5.88 Å². The molecule has 1 heterocycles. The summed E-state index contributed by atoms with van der Waals surface area (Å²) in [7, 11) is 0. The van der Waals surface area contributed by atoms with Crippen LogP contribution in [0.5, 0.6) is 5.88 Å². The standard InChI is InChI=1S/C7H10ClN3O/c1-2-3-12-7-5(9)6(8)10-4-11-7/h4H,2-3,9H2,1H3. The topological polar surface area (TPSA) is 61.0 Å². The molecule has 1 rings (SSSR count). The minimum atomic E-state index is 0.233. The first-order valence-electron chi connectivity index (χ1n) is 3.64. The van der Waals surface area contributed by atoms with Crippen molar-refractivity contribution in [1.82, 2.24) is 9.97 Å². The SMILES string of the molecule is CCCOc1ncnc(Cl)c1N. The average Bonchev–Trinajstić information content (AvgIpc) is 2.08. The maximum atomic E-state index is 5.64. The molecule has 12 heavy (non-hydrogen) atoms. The Balaban J connectivity index is 2.78. The molecule has 0 radical (unpaired) electrons. The normalized spacial score (nSPS) is 9.83. The van der Waals surface area contributed by atoms with Gasteiger partial charge in [-0.25, -0.2) is 4.98 Å². The van der Waals surface area contributed by atoms with Gasteiger partial charge in [-0.3, -0.25) is 0 Å². The molecule has 66 valence electrons. The van der Waals surface area contributed by atoms with Crippen LogP contribution in [-0.2, 0) is 0 Å². The summed E-state index contributed by atoms with van der Waals surface area (Å²) in [6, 6.07) is 0. The van der Waals surface area contributed by atoms with Gasteiger partial charge in [0.2, 0.25) is 5.88 Å². The van der Waals surface area contributed by atoms with E-state index in [4.69, 9.17) is 22.1 Å². The van der Waals surface area contributed by atoms with Gasteiger partial charge in [0, 0.05) is 0 Å². The lowest BCUT2D eigenvalue weighted by Crippen LogP contribution is -2.02. The van der Waals surface area contributed by atoms with Crippen LogP contribution in [0.4, 0.5) is 5.69 Å². The van der Waals surface area contributed by atoms with E-state index in [0.29, 0.717) is 18.2 Å². The van der Waals surface area contributed by atoms with Gasteiger partial charge in [0.1, 0.15) is 12.0 Å². The number of halogens is 1. The van der Waals surface area contributed by atoms with Crippen molar-refractivity contribution in [3.63, 3.8) is 0 Å². The van der Waals surface area contributed by atoms with Crippen molar-refractivity contribution in [3.05, 3.63) is 11.5 Å². The zero-order chi connectivity index (χ0) is 8.97. The number of nitrogens with two attached hydrogens (primary N) is 1. The van der Waals surface area contributed by atoms with Gasteiger partial charge in [0.25, 0.3) is 0 Å². The van der Waals surface area contributed by atoms with E-state index in [9.17, 15) is 0 Å². The Labute approximate surface area is 75.7 Å². The van der Waals surface area contributed by atoms with Gasteiger partial charge in [-0.05, 0) is 6.42 Å². The van der Waals surface area contributed by atoms with Crippen LogP contribution in [0.25, 0.3) is 0 Å². The molecular formula is C7H10ClN3O. The highest BCUT2D eigenvalue weighted by Crippen LogP contribution is 2.23. The fourth-order valence-electron chi connectivity index (χ4n) is 0.673. The molecule has 0 aromatic carbocycles. The van der Waals surface area contributed by atoms with Gasteiger partial charge in [0.05, 0.1) is 6.61 Å². The van der Waals surface area contributed by atoms with E-state index in [-0.39, 0.29) is 5.15 Å². The fraction of sp³-hybridized carbons (Fsp3) is 0.429. The zero-order valence-corrected chi connectivity index (χ0v) is 7.51. The predicted octanol–water partition coefficient (Wildman–Crippen LogP) is 1.50. The third-order valence-corrected chi connectivity index (χ3v) is 1.54. The molecule has 0 fully saturated rings. The molecule has 0 aliphatic carbocycles. The molecule has 1 aromatic heterocycles. The molecule has 0 unspecified atom stereocenters.